The lowest BCUT2D eigenvalue weighted by atomic mass is 10.0. The van der Waals surface area contributed by atoms with Crippen LogP contribution in [-0.4, -0.2) is 33.1 Å². The fourth-order valence-corrected chi connectivity index (χ4v) is 3.59. The molecule has 7 heteroatoms. The molecule has 3 aromatic carbocycles. The molecule has 162 valence electrons. The van der Waals surface area contributed by atoms with Crippen LogP contribution in [0.5, 0.6) is 17.2 Å². The molecule has 3 aromatic rings. The average Bonchev–Trinajstić information content (AvgIpc) is 3.08. The van der Waals surface area contributed by atoms with Gasteiger partial charge in [-0.25, -0.2) is 4.90 Å². The molecule has 0 radical (unpaired) electrons. The molecule has 1 aliphatic rings. The Hall–Kier alpha value is -4.26. The Morgan fingerprint density at radius 3 is 2.09 bits per heavy atom. The zero-order chi connectivity index (χ0) is 22.7. The zero-order valence-electron chi connectivity index (χ0n) is 17.9. The van der Waals surface area contributed by atoms with Crippen molar-refractivity contribution >= 4 is 28.8 Å². The van der Waals surface area contributed by atoms with Crippen molar-refractivity contribution in [2.75, 3.05) is 31.5 Å². The van der Waals surface area contributed by atoms with Gasteiger partial charge in [-0.2, -0.15) is 0 Å². The van der Waals surface area contributed by atoms with Gasteiger partial charge in [0.15, 0.2) is 0 Å². The van der Waals surface area contributed by atoms with Crippen LogP contribution in [0.25, 0.3) is 5.57 Å². The fourth-order valence-electron chi connectivity index (χ4n) is 3.59. The third-order valence-corrected chi connectivity index (χ3v) is 5.14. The van der Waals surface area contributed by atoms with Gasteiger partial charge in [0.2, 0.25) is 0 Å². The maximum atomic E-state index is 13.5. The quantitative estimate of drug-likeness (QED) is 0.569. The number of anilines is 2. The number of nitrogens with one attached hydrogen (secondary N) is 1. The molecular weight excluding hydrogens is 408 g/mol. The van der Waals surface area contributed by atoms with E-state index in [-0.39, 0.29) is 11.3 Å². The van der Waals surface area contributed by atoms with E-state index in [4.69, 9.17) is 14.2 Å². The average molecular weight is 430 g/mol. The molecule has 1 aliphatic heterocycles. The molecule has 1 heterocycles. The number of imide groups is 1. The minimum atomic E-state index is -0.472. The monoisotopic (exact) mass is 430 g/mol. The van der Waals surface area contributed by atoms with Gasteiger partial charge < -0.3 is 19.5 Å². The topological polar surface area (TPSA) is 77.1 Å². The number of carbonyl (C=O) groups is 2. The highest BCUT2D eigenvalue weighted by molar-refractivity contribution is 6.46. The Bertz CT molecular complexity index is 1200. The lowest BCUT2D eigenvalue weighted by Crippen LogP contribution is -2.32. The second-order valence-electron chi connectivity index (χ2n) is 6.92. The number of hydrogen-bond acceptors (Lipinski definition) is 6. The highest BCUT2D eigenvalue weighted by Crippen LogP contribution is 2.39. The van der Waals surface area contributed by atoms with Gasteiger partial charge in [0, 0.05) is 11.6 Å². The summed E-state index contributed by atoms with van der Waals surface area (Å²) >= 11 is 0. The molecule has 4 rings (SSSR count). The predicted molar refractivity (Wildman–Crippen MR) is 122 cm³/mol. The van der Waals surface area contributed by atoms with Gasteiger partial charge in [-0.05, 0) is 30.3 Å². The number of amides is 2. The van der Waals surface area contributed by atoms with Crippen molar-refractivity contribution in [3.63, 3.8) is 0 Å². The van der Waals surface area contributed by atoms with Gasteiger partial charge >= 0.3 is 0 Å². The van der Waals surface area contributed by atoms with E-state index in [9.17, 15) is 9.59 Å². The Morgan fingerprint density at radius 1 is 0.719 bits per heavy atom. The maximum absolute atomic E-state index is 13.5. The summed E-state index contributed by atoms with van der Waals surface area (Å²) in [5.41, 5.74) is 1.86. The van der Waals surface area contributed by atoms with Gasteiger partial charge in [-0.3, -0.25) is 9.59 Å². The van der Waals surface area contributed by atoms with Gasteiger partial charge in [0.05, 0.1) is 38.3 Å². The molecule has 0 saturated carbocycles. The van der Waals surface area contributed by atoms with E-state index in [0.717, 1.165) is 4.90 Å². The van der Waals surface area contributed by atoms with Crippen molar-refractivity contribution in [2.45, 2.75) is 0 Å². The van der Waals surface area contributed by atoms with Crippen molar-refractivity contribution in [1.82, 2.24) is 0 Å². The smallest absolute Gasteiger partial charge is 0.282 e. The lowest BCUT2D eigenvalue weighted by Gasteiger charge is -2.16. The van der Waals surface area contributed by atoms with Crippen LogP contribution in [0.3, 0.4) is 0 Å². The molecule has 0 fully saturated rings. The van der Waals surface area contributed by atoms with Gasteiger partial charge in [-0.1, -0.05) is 36.4 Å². The van der Waals surface area contributed by atoms with Crippen molar-refractivity contribution in [1.29, 1.82) is 0 Å². The number of hydrogen-bond donors (Lipinski definition) is 1. The van der Waals surface area contributed by atoms with Crippen LogP contribution in [0.4, 0.5) is 11.4 Å². The van der Waals surface area contributed by atoms with Crippen LogP contribution in [0.2, 0.25) is 0 Å². The molecule has 0 bridgehead atoms. The van der Waals surface area contributed by atoms with Crippen LogP contribution in [0, 0.1) is 0 Å². The van der Waals surface area contributed by atoms with E-state index < -0.39 is 11.8 Å². The van der Waals surface area contributed by atoms with Crippen molar-refractivity contribution in [3.05, 3.63) is 84.1 Å². The molecule has 7 nitrogen and oxygen atoms in total. The summed E-state index contributed by atoms with van der Waals surface area (Å²) in [5.74, 6) is 0.640. The molecule has 0 aliphatic carbocycles. The van der Waals surface area contributed by atoms with Gasteiger partial charge in [-0.15, -0.1) is 0 Å². The first-order chi connectivity index (χ1) is 15.6. The number of nitrogens with zero attached hydrogens (tertiary/aromatic N) is 1. The molecule has 0 saturated heterocycles. The summed E-state index contributed by atoms with van der Waals surface area (Å²) in [4.78, 5) is 28.2. The van der Waals surface area contributed by atoms with E-state index in [1.807, 2.05) is 6.07 Å². The number of para-hydroxylation sites is 2. The van der Waals surface area contributed by atoms with E-state index >= 15 is 0 Å². The first kappa shape index (κ1) is 21.0. The van der Waals surface area contributed by atoms with E-state index in [1.165, 1.54) is 14.2 Å². The Kier molecular flexibility index (Phi) is 5.81. The van der Waals surface area contributed by atoms with E-state index in [2.05, 4.69) is 5.32 Å². The standard InChI is InChI=1S/C25H22N2O5/c1-30-17-13-14-19(21(15-17)32-3)26-23-22(18-11-7-8-12-20(18)31-2)24(28)27(25(23)29)16-9-5-4-6-10-16/h4-15,26H,1-3H3. The second-order valence-corrected chi connectivity index (χ2v) is 6.92. The second kappa shape index (κ2) is 8.85. The van der Waals surface area contributed by atoms with Gasteiger partial charge in [0.25, 0.3) is 11.8 Å². The summed E-state index contributed by atoms with van der Waals surface area (Å²) < 4.78 is 16.2. The number of methoxy groups -OCH3 is 3. The fraction of sp³-hybridized carbons (Fsp3) is 0.120. The summed E-state index contributed by atoms with van der Waals surface area (Å²) in [6, 6.07) is 21.1. The minimum Gasteiger partial charge on any atom is -0.497 e. The summed E-state index contributed by atoms with van der Waals surface area (Å²) in [7, 11) is 4.60. The minimum absolute atomic E-state index is 0.131. The van der Waals surface area contributed by atoms with Crippen molar-refractivity contribution in [2.24, 2.45) is 0 Å². The molecule has 0 aromatic heterocycles. The van der Waals surface area contributed by atoms with Crippen LogP contribution in [0.1, 0.15) is 5.56 Å². The van der Waals surface area contributed by atoms with Crippen LogP contribution < -0.4 is 24.4 Å². The predicted octanol–water partition coefficient (Wildman–Crippen LogP) is 4.11. The first-order valence-corrected chi connectivity index (χ1v) is 9.89. The number of carbonyl (C=O) groups excluding carboxylic acids is 2. The van der Waals surface area contributed by atoms with Crippen molar-refractivity contribution in [3.8, 4) is 17.2 Å². The zero-order valence-corrected chi connectivity index (χ0v) is 17.9. The molecule has 0 atom stereocenters. The molecule has 2 amide bonds. The van der Waals surface area contributed by atoms with Gasteiger partial charge in [0.1, 0.15) is 22.9 Å². The van der Waals surface area contributed by atoms with Crippen LogP contribution >= 0.6 is 0 Å². The van der Waals surface area contributed by atoms with E-state index in [1.54, 1.807) is 73.8 Å². The highest BCUT2D eigenvalue weighted by atomic mass is 16.5. The summed E-state index contributed by atoms with van der Waals surface area (Å²) in [6.45, 7) is 0. The lowest BCUT2D eigenvalue weighted by molar-refractivity contribution is -0.120. The Morgan fingerprint density at radius 2 is 1.41 bits per heavy atom. The number of rotatable bonds is 7. The number of benzene rings is 3. The third kappa shape index (κ3) is 3.65. The van der Waals surface area contributed by atoms with Crippen LogP contribution in [-0.2, 0) is 9.59 Å². The normalized spacial score (nSPS) is 13.4. The van der Waals surface area contributed by atoms with E-state index in [0.29, 0.717) is 34.2 Å². The molecular formula is C25H22N2O5. The first-order valence-electron chi connectivity index (χ1n) is 9.89. The molecule has 0 unspecified atom stereocenters. The third-order valence-electron chi connectivity index (χ3n) is 5.14. The largest absolute Gasteiger partial charge is 0.497 e. The SMILES string of the molecule is COc1ccc(NC2=C(c3ccccc3OC)C(=O)N(c3ccccc3)C2=O)c(OC)c1. The van der Waals surface area contributed by atoms with Crippen LogP contribution in [0.15, 0.2) is 78.5 Å². The Balaban J connectivity index is 1.87. The maximum Gasteiger partial charge on any atom is 0.282 e. The molecule has 0 spiro atoms. The molecule has 32 heavy (non-hydrogen) atoms. The van der Waals surface area contributed by atoms with Crippen molar-refractivity contribution < 1.29 is 23.8 Å². The Labute approximate surface area is 185 Å². The summed E-state index contributed by atoms with van der Waals surface area (Å²) in [6.07, 6.45) is 0. The summed E-state index contributed by atoms with van der Waals surface area (Å²) in [5, 5.41) is 3.12. The highest BCUT2D eigenvalue weighted by Gasteiger charge is 2.41. The molecule has 1 N–H and O–H groups in total. The number of ether oxygens (including phenoxy) is 3.